The SMILES string of the molecule is CC1(C(=O)NCCCCCCCC(=O)O)CCCN1C(=O)c1ccccc1. The predicted octanol–water partition coefficient (Wildman–Crippen LogP) is 3.22. The van der Waals surface area contributed by atoms with Crippen molar-refractivity contribution in [2.24, 2.45) is 0 Å². The summed E-state index contributed by atoms with van der Waals surface area (Å²) in [5.41, 5.74) is -0.186. The molecule has 0 aromatic heterocycles. The Kier molecular flexibility index (Phi) is 7.82. The normalized spacial score (nSPS) is 19.1. The van der Waals surface area contributed by atoms with Crippen LogP contribution in [0.1, 0.15) is 68.6 Å². The Balaban J connectivity index is 1.77. The van der Waals surface area contributed by atoms with E-state index in [1.807, 2.05) is 25.1 Å². The molecule has 6 heteroatoms. The van der Waals surface area contributed by atoms with Gasteiger partial charge in [0.15, 0.2) is 0 Å². The number of carboxylic acid groups (broad SMARTS) is 1. The molecule has 0 radical (unpaired) electrons. The predicted molar refractivity (Wildman–Crippen MR) is 103 cm³/mol. The van der Waals surface area contributed by atoms with Gasteiger partial charge >= 0.3 is 5.97 Å². The van der Waals surface area contributed by atoms with Crippen LogP contribution in [0.3, 0.4) is 0 Å². The third kappa shape index (κ3) is 5.81. The Morgan fingerprint density at radius 2 is 1.74 bits per heavy atom. The molecule has 1 aromatic rings. The van der Waals surface area contributed by atoms with Gasteiger partial charge in [-0.3, -0.25) is 14.4 Å². The van der Waals surface area contributed by atoms with Gasteiger partial charge in [-0.1, -0.05) is 37.5 Å². The minimum absolute atomic E-state index is 0.0878. The summed E-state index contributed by atoms with van der Waals surface area (Å²) in [7, 11) is 0. The molecule has 1 fully saturated rings. The minimum Gasteiger partial charge on any atom is -0.481 e. The number of likely N-dealkylation sites (tertiary alicyclic amines) is 1. The van der Waals surface area contributed by atoms with Gasteiger partial charge in [0.25, 0.3) is 5.91 Å². The van der Waals surface area contributed by atoms with Crippen LogP contribution in [0.2, 0.25) is 0 Å². The highest BCUT2D eigenvalue weighted by atomic mass is 16.4. The van der Waals surface area contributed by atoms with Crippen molar-refractivity contribution in [1.29, 1.82) is 0 Å². The average molecular weight is 374 g/mol. The molecule has 2 amide bonds. The second kappa shape index (κ2) is 10.1. The molecule has 1 unspecified atom stereocenters. The Bertz CT molecular complexity index is 647. The lowest BCUT2D eigenvalue weighted by atomic mass is 9.96. The van der Waals surface area contributed by atoms with Gasteiger partial charge in [-0.25, -0.2) is 0 Å². The van der Waals surface area contributed by atoms with E-state index in [-0.39, 0.29) is 18.2 Å². The van der Waals surface area contributed by atoms with E-state index in [9.17, 15) is 14.4 Å². The molecular formula is C21H30N2O4. The lowest BCUT2D eigenvalue weighted by Gasteiger charge is -2.34. The van der Waals surface area contributed by atoms with Crippen LogP contribution in [0.25, 0.3) is 0 Å². The molecule has 1 aliphatic heterocycles. The Labute approximate surface area is 160 Å². The van der Waals surface area contributed by atoms with E-state index in [1.54, 1.807) is 17.0 Å². The van der Waals surface area contributed by atoms with Crippen LogP contribution in [0, 0.1) is 0 Å². The number of amides is 2. The molecule has 1 saturated heterocycles. The minimum atomic E-state index is -0.797. The highest BCUT2D eigenvalue weighted by Crippen LogP contribution is 2.30. The number of nitrogens with zero attached hydrogens (tertiary/aromatic N) is 1. The number of benzene rings is 1. The van der Waals surface area contributed by atoms with E-state index in [0.717, 1.165) is 32.1 Å². The summed E-state index contributed by atoms with van der Waals surface area (Å²) in [5.74, 6) is -0.930. The second-order valence-electron chi connectivity index (χ2n) is 7.37. The number of rotatable bonds is 10. The van der Waals surface area contributed by atoms with Gasteiger partial charge in [-0.15, -0.1) is 0 Å². The topological polar surface area (TPSA) is 86.7 Å². The summed E-state index contributed by atoms with van der Waals surface area (Å²) in [5, 5.41) is 11.6. The largest absolute Gasteiger partial charge is 0.481 e. The van der Waals surface area contributed by atoms with E-state index < -0.39 is 11.5 Å². The molecule has 6 nitrogen and oxygen atoms in total. The zero-order chi connectivity index (χ0) is 19.7. The van der Waals surface area contributed by atoms with E-state index in [0.29, 0.717) is 31.5 Å². The van der Waals surface area contributed by atoms with Crippen molar-refractivity contribution in [3.05, 3.63) is 35.9 Å². The van der Waals surface area contributed by atoms with E-state index >= 15 is 0 Å². The van der Waals surface area contributed by atoms with Gasteiger partial charge < -0.3 is 15.3 Å². The molecule has 2 N–H and O–H groups in total. The van der Waals surface area contributed by atoms with Crippen LogP contribution in [-0.4, -0.2) is 46.4 Å². The Morgan fingerprint density at radius 1 is 1.07 bits per heavy atom. The zero-order valence-electron chi connectivity index (χ0n) is 16.1. The Morgan fingerprint density at radius 3 is 2.44 bits per heavy atom. The van der Waals surface area contributed by atoms with E-state index in [1.165, 1.54) is 0 Å². The molecule has 1 aliphatic rings. The fraction of sp³-hybridized carbons (Fsp3) is 0.571. The zero-order valence-corrected chi connectivity index (χ0v) is 16.1. The van der Waals surface area contributed by atoms with Crippen molar-refractivity contribution >= 4 is 17.8 Å². The van der Waals surface area contributed by atoms with Crippen molar-refractivity contribution in [3.63, 3.8) is 0 Å². The van der Waals surface area contributed by atoms with Crippen LogP contribution < -0.4 is 5.32 Å². The molecular weight excluding hydrogens is 344 g/mol. The average Bonchev–Trinajstić information content (AvgIpc) is 3.06. The molecule has 1 aromatic carbocycles. The van der Waals surface area contributed by atoms with Crippen molar-refractivity contribution in [1.82, 2.24) is 10.2 Å². The fourth-order valence-electron chi connectivity index (χ4n) is 3.59. The summed E-state index contributed by atoms with van der Waals surface area (Å²) in [6.07, 6.45) is 6.12. The highest BCUT2D eigenvalue weighted by Gasteiger charge is 2.45. The van der Waals surface area contributed by atoms with Crippen molar-refractivity contribution in [3.8, 4) is 0 Å². The van der Waals surface area contributed by atoms with Crippen LogP contribution in [0.15, 0.2) is 30.3 Å². The first-order valence-corrected chi connectivity index (χ1v) is 9.82. The van der Waals surface area contributed by atoms with Crippen LogP contribution in [0.5, 0.6) is 0 Å². The number of carbonyl (C=O) groups excluding carboxylic acids is 2. The molecule has 0 spiro atoms. The van der Waals surface area contributed by atoms with Gasteiger partial charge in [0, 0.05) is 25.1 Å². The summed E-state index contributed by atoms with van der Waals surface area (Å²) in [4.78, 5) is 37.7. The maximum atomic E-state index is 12.8. The van der Waals surface area contributed by atoms with Gasteiger partial charge in [0.2, 0.25) is 5.91 Å². The maximum absolute atomic E-state index is 12.8. The summed E-state index contributed by atoms with van der Waals surface area (Å²) < 4.78 is 0. The molecule has 1 heterocycles. The molecule has 0 saturated carbocycles. The smallest absolute Gasteiger partial charge is 0.303 e. The number of hydrogen-bond donors (Lipinski definition) is 2. The standard InChI is InChI=1S/C21H30N2O4/c1-21(20(27)22-15-9-4-2-3-8-13-18(24)25)14-10-16-23(21)19(26)17-11-6-5-7-12-17/h5-7,11-12H,2-4,8-10,13-16H2,1H3,(H,22,27)(H,24,25). The molecule has 0 bridgehead atoms. The molecule has 2 rings (SSSR count). The lowest BCUT2D eigenvalue weighted by molar-refractivity contribution is -0.137. The quantitative estimate of drug-likeness (QED) is 0.616. The van der Waals surface area contributed by atoms with E-state index in [2.05, 4.69) is 5.32 Å². The van der Waals surface area contributed by atoms with Gasteiger partial charge in [0.1, 0.15) is 5.54 Å². The van der Waals surface area contributed by atoms with Crippen LogP contribution >= 0.6 is 0 Å². The number of carboxylic acids is 1. The molecule has 27 heavy (non-hydrogen) atoms. The third-order valence-electron chi connectivity index (χ3n) is 5.25. The first-order valence-electron chi connectivity index (χ1n) is 9.82. The summed E-state index contributed by atoms with van der Waals surface area (Å²) in [6, 6.07) is 9.09. The van der Waals surface area contributed by atoms with Gasteiger partial charge in [-0.2, -0.15) is 0 Å². The summed E-state index contributed by atoms with van der Waals surface area (Å²) >= 11 is 0. The van der Waals surface area contributed by atoms with Gasteiger partial charge in [-0.05, 0) is 44.7 Å². The number of unbranched alkanes of at least 4 members (excludes halogenated alkanes) is 4. The summed E-state index contributed by atoms with van der Waals surface area (Å²) in [6.45, 7) is 3.03. The number of nitrogens with one attached hydrogen (secondary N) is 1. The van der Waals surface area contributed by atoms with Crippen molar-refractivity contribution in [2.45, 2.75) is 63.8 Å². The van der Waals surface area contributed by atoms with Crippen molar-refractivity contribution < 1.29 is 19.5 Å². The molecule has 0 aliphatic carbocycles. The number of aliphatic carboxylic acids is 1. The number of hydrogen-bond acceptors (Lipinski definition) is 3. The first-order chi connectivity index (χ1) is 12.9. The van der Waals surface area contributed by atoms with Crippen LogP contribution in [0.4, 0.5) is 0 Å². The van der Waals surface area contributed by atoms with Crippen LogP contribution in [-0.2, 0) is 9.59 Å². The third-order valence-corrected chi connectivity index (χ3v) is 5.25. The molecule has 1 atom stereocenters. The van der Waals surface area contributed by atoms with Crippen molar-refractivity contribution in [2.75, 3.05) is 13.1 Å². The lowest BCUT2D eigenvalue weighted by Crippen LogP contribution is -2.55. The van der Waals surface area contributed by atoms with E-state index in [4.69, 9.17) is 5.11 Å². The maximum Gasteiger partial charge on any atom is 0.303 e. The highest BCUT2D eigenvalue weighted by molar-refractivity contribution is 5.99. The molecule has 148 valence electrons. The van der Waals surface area contributed by atoms with Gasteiger partial charge in [0.05, 0.1) is 0 Å². The second-order valence-corrected chi connectivity index (χ2v) is 7.37. The monoisotopic (exact) mass is 374 g/mol. The first kappa shape index (κ1) is 20.9. The Hall–Kier alpha value is -2.37. The number of carbonyl (C=O) groups is 3. The fourth-order valence-corrected chi connectivity index (χ4v) is 3.59.